The third kappa shape index (κ3) is 4.65. The number of imidazole rings is 1. The third-order valence-corrected chi connectivity index (χ3v) is 7.97. The van der Waals surface area contributed by atoms with Crippen LogP contribution in [0.5, 0.6) is 5.75 Å². The number of carbonyl (C=O) groups excluding carboxylic acids is 2. The average Bonchev–Trinajstić information content (AvgIpc) is 3.47. The summed E-state index contributed by atoms with van der Waals surface area (Å²) in [5.74, 6) is 1.10. The first-order chi connectivity index (χ1) is 16.9. The Kier molecular flexibility index (Phi) is 6.52. The minimum atomic E-state index is -0.113. The summed E-state index contributed by atoms with van der Waals surface area (Å²) in [5.41, 5.74) is 2.52. The standard InChI is InChI=1S/C28H29N3O3S/c1-3-24(32)20-15-22-23(16-25(20)33)31(28(30-22)21-9-4-5-12-29-21)19-8-6-7-18(13-19)14-26(34)27-11-10-17(2)35-27/h4-5,9-12,15-16,18-19,33H,3,6-8,13-14H2,1-2H3/t18-,19+/m1/s1. The molecular weight excluding hydrogens is 458 g/mol. The van der Waals surface area contributed by atoms with Crippen molar-refractivity contribution >= 4 is 33.9 Å². The molecular formula is C28H29N3O3S. The van der Waals surface area contributed by atoms with Crippen LogP contribution < -0.4 is 0 Å². The molecule has 0 aliphatic heterocycles. The van der Waals surface area contributed by atoms with Crippen LogP contribution in [0.25, 0.3) is 22.6 Å². The summed E-state index contributed by atoms with van der Waals surface area (Å²) in [6.45, 7) is 3.81. The molecule has 1 N–H and O–H groups in total. The molecule has 0 saturated heterocycles. The van der Waals surface area contributed by atoms with Crippen molar-refractivity contribution in [2.24, 2.45) is 5.92 Å². The van der Waals surface area contributed by atoms with E-state index < -0.39 is 0 Å². The largest absolute Gasteiger partial charge is 0.507 e. The van der Waals surface area contributed by atoms with Gasteiger partial charge in [-0.25, -0.2) is 4.98 Å². The number of phenols is 1. The first kappa shape index (κ1) is 23.4. The van der Waals surface area contributed by atoms with Crippen molar-refractivity contribution in [2.75, 3.05) is 0 Å². The highest BCUT2D eigenvalue weighted by Gasteiger charge is 2.29. The van der Waals surface area contributed by atoms with Crippen LogP contribution in [0.1, 0.15) is 76.4 Å². The van der Waals surface area contributed by atoms with Gasteiger partial charge >= 0.3 is 0 Å². The third-order valence-electron chi connectivity index (χ3n) is 6.93. The summed E-state index contributed by atoms with van der Waals surface area (Å²) < 4.78 is 2.17. The van der Waals surface area contributed by atoms with Gasteiger partial charge in [-0.1, -0.05) is 19.4 Å². The quantitative estimate of drug-likeness (QED) is 0.291. The van der Waals surface area contributed by atoms with Gasteiger partial charge in [0, 0.05) is 36.0 Å². The molecule has 0 radical (unpaired) electrons. The maximum atomic E-state index is 12.9. The number of aromatic hydroxyl groups is 1. The Labute approximate surface area is 208 Å². The number of rotatable bonds is 7. The summed E-state index contributed by atoms with van der Waals surface area (Å²) in [6.07, 6.45) is 6.47. The molecule has 3 aromatic heterocycles. The molecule has 0 bridgehead atoms. The summed E-state index contributed by atoms with van der Waals surface area (Å²) in [7, 11) is 0. The van der Waals surface area contributed by atoms with Crippen molar-refractivity contribution in [1.82, 2.24) is 14.5 Å². The summed E-state index contributed by atoms with van der Waals surface area (Å²) in [4.78, 5) is 36.7. The second kappa shape index (κ2) is 9.74. The number of ketones is 2. The van der Waals surface area contributed by atoms with E-state index in [1.807, 2.05) is 37.3 Å². The molecule has 1 aromatic carbocycles. The van der Waals surface area contributed by atoms with Crippen molar-refractivity contribution in [1.29, 1.82) is 0 Å². The molecule has 35 heavy (non-hydrogen) atoms. The normalized spacial score (nSPS) is 18.1. The summed E-state index contributed by atoms with van der Waals surface area (Å²) >= 11 is 1.56. The molecule has 7 heteroatoms. The van der Waals surface area contributed by atoms with E-state index >= 15 is 0 Å². The number of thiophene rings is 1. The lowest BCUT2D eigenvalue weighted by Gasteiger charge is -2.31. The highest BCUT2D eigenvalue weighted by Crippen LogP contribution is 2.40. The van der Waals surface area contributed by atoms with E-state index in [1.54, 1.807) is 36.6 Å². The SMILES string of the molecule is CCC(=O)c1cc2nc(-c3ccccn3)n([C@H]3CCC[C@@H](CC(=O)c4ccc(C)s4)C3)c2cc1O. The molecule has 4 aromatic rings. The Morgan fingerprint density at radius 1 is 1.14 bits per heavy atom. The number of hydrogen-bond acceptors (Lipinski definition) is 6. The predicted molar refractivity (Wildman–Crippen MR) is 138 cm³/mol. The fourth-order valence-corrected chi connectivity index (χ4v) is 6.04. The number of pyridine rings is 1. The first-order valence-electron chi connectivity index (χ1n) is 12.2. The van der Waals surface area contributed by atoms with E-state index in [9.17, 15) is 14.7 Å². The van der Waals surface area contributed by atoms with Crippen LogP contribution in [0.15, 0.2) is 48.7 Å². The lowest BCUT2D eigenvalue weighted by Crippen LogP contribution is -2.22. The highest BCUT2D eigenvalue weighted by molar-refractivity contribution is 7.14. The molecule has 3 heterocycles. The Morgan fingerprint density at radius 2 is 2.00 bits per heavy atom. The lowest BCUT2D eigenvalue weighted by atomic mass is 9.82. The van der Waals surface area contributed by atoms with Gasteiger partial charge < -0.3 is 9.67 Å². The zero-order valence-electron chi connectivity index (χ0n) is 20.0. The topological polar surface area (TPSA) is 85.1 Å². The number of nitrogens with zero attached hydrogens (tertiary/aromatic N) is 3. The van der Waals surface area contributed by atoms with Gasteiger partial charge in [0.25, 0.3) is 0 Å². The van der Waals surface area contributed by atoms with Gasteiger partial charge in [-0.3, -0.25) is 14.6 Å². The molecule has 1 aliphatic rings. The molecule has 1 aliphatic carbocycles. The number of aromatic nitrogens is 3. The Morgan fingerprint density at radius 3 is 2.71 bits per heavy atom. The van der Waals surface area contributed by atoms with Gasteiger partial charge in [0.1, 0.15) is 11.4 Å². The average molecular weight is 488 g/mol. The van der Waals surface area contributed by atoms with Crippen molar-refractivity contribution in [3.63, 3.8) is 0 Å². The molecule has 1 fully saturated rings. The zero-order chi connectivity index (χ0) is 24.5. The van der Waals surface area contributed by atoms with E-state index in [-0.39, 0.29) is 29.3 Å². The highest BCUT2D eigenvalue weighted by atomic mass is 32.1. The van der Waals surface area contributed by atoms with E-state index in [2.05, 4.69) is 9.55 Å². The second-order valence-electron chi connectivity index (χ2n) is 9.38. The van der Waals surface area contributed by atoms with Gasteiger partial charge in [-0.15, -0.1) is 11.3 Å². The van der Waals surface area contributed by atoms with E-state index in [1.165, 1.54) is 0 Å². The van der Waals surface area contributed by atoms with E-state index in [4.69, 9.17) is 4.98 Å². The number of fused-ring (bicyclic) bond motifs is 1. The van der Waals surface area contributed by atoms with E-state index in [0.29, 0.717) is 23.9 Å². The maximum absolute atomic E-state index is 12.9. The molecule has 0 spiro atoms. The van der Waals surface area contributed by atoms with Gasteiger partial charge in [-0.05, 0) is 62.4 Å². The molecule has 6 nitrogen and oxygen atoms in total. The Bertz CT molecular complexity index is 1390. The molecule has 1 saturated carbocycles. The molecule has 0 unspecified atom stereocenters. The van der Waals surface area contributed by atoms with Crippen LogP contribution in [0.4, 0.5) is 0 Å². The molecule has 5 rings (SSSR count). The summed E-state index contributed by atoms with van der Waals surface area (Å²) in [6, 6.07) is 13.2. The number of aryl methyl sites for hydroxylation is 1. The molecule has 2 atom stereocenters. The first-order valence-corrected chi connectivity index (χ1v) is 13.1. The summed E-state index contributed by atoms with van der Waals surface area (Å²) in [5, 5.41) is 10.7. The Hall–Kier alpha value is -3.32. The van der Waals surface area contributed by atoms with Gasteiger partial charge in [0.2, 0.25) is 0 Å². The number of phenolic OH excluding ortho intramolecular Hbond substituents is 1. The smallest absolute Gasteiger partial charge is 0.173 e. The fraction of sp³-hybridized carbons (Fsp3) is 0.357. The maximum Gasteiger partial charge on any atom is 0.173 e. The minimum Gasteiger partial charge on any atom is -0.507 e. The number of benzene rings is 1. The van der Waals surface area contributed by atoms with Crippen molar-refractivity contribution in [3.8, 4) is 17.3 Å². The van der Waals surface area contributed by atoms with Crippen molar-refractivity contribution in [2.45, 2.75) is 58.4 Å². The fourth-order valence-electron chi connectivity index (χ4n) is 5.22. The van der Waals surface area contributed by atoms with E-state index in [0.717, 1.165) is 52.5 Å². The van der Waals surface area contributed by atoms with Crippen LogP contribution in [0.2, 0.25) is 0 Å². The van der Waals surface area contributed by atoms with Crippen LogP contribution in [0, 0.1) is 12.8 Å². The monoisotopic (exact) mass is 487 g/mol. The number of carbonyl (C=O) groups is 2. The van der Waals surface area contributed by atoms with Crippen LogP contribution in [-0.4, -0.2) is 31.2 Å². The van der Waals surface area contributed by atoms with Crippen molar-refractivity contribution in [3.05, 3.63) is 64.0 Å². The van der Waals surface area contributed by atoms with Gasteiger partial charge in [-0.2, -0.15) is 0 Å². The minimum absolute atomic E-state index is 0.0197. The number of hydrogen-bond donors (Lipinski definition) is 1. The van der Waals surface area contributed by atoms with Crippen LogP contribution >= 0.6 is 11.3 Å². The number of Topliss-reactive ketones (excluding diaryl/α,β-unsaturated/α-hetero) is 2. The lowest BCUT2D eigenvalue weighted by molar-refractivity contribution is 0.0944. The molecule has 180 valence electrons. The van der Waals surface area contributed by atoms with Gasteiger partial charge in [0.05, 0.1) is 21.5 Å². The Balaban J connectivity index is 1.53. The van der Waals surface area contributed by atoms with Crippen molar-refractivity contribution < 1.29 is 14.7 Å². The van der Waals surface area contributed by atoms with Crippen LogP contribution in [-0.2, 0) is 0 Å². The van der Waals surface area contributed by atoms with Gasteiger partial charge in [0.15, 0.2) is 17.4 Å². The zero-order valence-corrected chi connectivity index (χ0v) is 20.8. The second-order valence-corrected chi connectivity index (χ2v) is 10.7. The predicted octanol–water partition coefficient (Wildman–Crippen LogP) is 6.77. The molecule has 0 amide bonds. The van der Waals surface area contributed by atoms with Crippen LogP contribution in [0.3, 0.4) is 0 Å².